The number of nitrogen functional groups attached to an aromatic ring is 1. The Kier molecular flexibility index (Phi) is 3.50. The molecule has 0 fully saturated rings. The van der Waals surface area contributed by atoms with Gasteiger partial charge >= 0.3 is 0 Å². The highest BCUT2D eigenvalue weighted by Crippen LogP contribution is 2.27. The SMILES string of the molecule is CC(CO)Nc1c(N)cncc1Br. The first-order chi connectivity index (χ1) is 6.15. The van der Waals surface area contributed by atoms with Crippen LogP contribution in [-0.4, -0.2) is 22.7 Å². The summed E-state index contributed by atoms with van der Waals surface area (Å²) in [6.07, 6.45) is 3.22. The molecule has 1 heterocycles. The number of aromatic nitrogens is 1. The van der Waals surface area contributed by atoms with Crippen LogP contribution in [0.15, 0.2) is 16.9 Å². The molecule has 0 radical (unpaired) electrons. The normalized spacial score (nSPS) is 12.5. The molecule has 0 aliphatic rings. The highest BCUT2D eigenvalue weighted by atomic mass is 79.9. The maximum absolute atomic E-state index is 8.84. The first-order valence-electron chi connectivity index (χ1n) is 3.91. The lowest BCUT2D eigenvalue weighted by molar-refractivity contribution is 0.281. The molecule has 0 aliphatic carbocycles. The molecule has 0 spiro atoms. The molecule has 1 rings (SSSR count). The minimum absolute atomic E-state index is 0.0269. The van der Waals surface area contributed by atoms with Crippen molar-refractivity contribution in [2.75, 3.05) is 17.7 Å². The van der Waals surface area contributed by atoms with Crippen LogP contribution in [0, 0.1) is 0 Å². The molecule has 72 valence electrons. The monoisotopic (exact) mass is 245 g/mol. The minimum Gasteiger partial charge on any atom is -0.396 e. The van der Waals surface area contributed by atoms with E-state index in [-0.39, 0.29) is 12.6 Å². The quantitative estimate of drug-likeness (QED) is 0.749. The number of rotatable bonds is 3. The van der Waals surface area contributed by atoms with Crippen LogP contribution in [0.2, 0.25) is 0 Å². The van der Waals surface area contributed by atoms with Crippen molar-refractivity contribution in [1.29, 1.82) is 0 Å². The zero-order valence-corrected chi connectivity index (χ0v) is 8.87. The Morgan fingerprint density at radius 1 is 1.69 bits per heavy atom. The smallest absolute Gasteiger partial charge is 0.0752 e. The molecule has 0 aromatic carbocycles. The topological polar surface area (TPSA) is 71.2 Å². The van der Waals surface area contributed by atoms with E-state index in [2.05, 4.69) is 26.2 Å². The minimum atomic E-state index is -0.0269. The van der Waals surface area contributed by atoms with E-state index in [1.807, 2.05) is 6.92 Å². The molecule has 1 aromatic rings. The summed E-state index contributed by atoms with van der Waals surface area (Å²) in [4.78, 5) is 3.90. The largest absolute Gasteiger partial charge is 0.396 e. The lowest BCUT2D eigenvalue weighted by Gasteiger charge is -2.15. The fourth-order valence-electron chi connectivity index (χ4n) is 0.894. The van der Waals surface area contributed by atoms with Gasteiger partial charge in [0, 0.05) is 12.2 Å². The molecular formula is C8H12BrN3O. The number of halogens is 1. The maximum atomic E-state index is 8.84. The summed E-state index contributed by atoms with van der Waals surface area (Å²) in [7, 11) is 0. The number of nitrogens with one attached hydrogen (secondary N) is 1. The van der Waals surface area contributed by atoms with Crippen molar-refractivity contribution in [3.63, 3.8) is 0 Å². The highest BCUT2D eigenvalue weighted by Gasteiger charge is 2.07. The van der Waals surface area contributed by atoms with E-state index in [0.717, 1.165) is 10.2 Å². The third kappa shape index (κ3) is 2.57. The predicted octanol–water partition coefficient (Wildman–Crippen LogP) is 1.22. The maximum Gasteiger partial charge on any atom is 0.0752 e. The van der Waals surface area contributed by atoms with E-state index in [9.17, 15) is 0 Å². The molecule has 1 unspecified atom stereocenters. The molecule has 4 nitrogen and oxygen atoms in total. The summed E-state index contributed by atoms with van der Waals surface area (Å²) in [5, 5.41) is 11.9. The van der Waals surface area contributed by atoms with Crippen LogP contribution in [0.4, 0.5) is 11.4 Å². The lowest BCUT2D eigenvalue weighted by Crippen LogP contribution is -2.20. The molecule has 0 bridgehead atoms. The van der Waals surface area contributed by atoms with E-state index in [1.165, 1.54) is 0 Å². The van der Waals surface area contributed by atoms with Gasteiger partial charge in [-0.25, -0.2) is 0 Å². The summed E-state index contributed by atoms with van der Waals surface area (Å²) in [5.41, 5.74) is 7.03. The lowest BCUT2D eigenvalue weighted by atomic mass is 10.3. The van der Waals surface area contributed by atoms with Crippen molar-refractivity contribution >= 4 is 27.3 Å². The summed E-state index contributed by atoms with van der Waals surface area (Å²) >= 11 is 3.32. The second kappa shape index (κ2) is 4.43. The van der Waals surface area contributed by atoms with E-state index in [4.69, 9.17) is 10.8 Å². The van der Waals surface area contributed by atoms with E-state index < -0.39 is 0 Å². The fraction of sp³-hybridized carbons (Fsp3) is 0.375. The van der Waals surface area contributed by atoms with Crippen LogP contribution in [0.25, 0.3) is 0 Å². The van der Waals surface area contributed by atoms with Gasteiger partial charge in [-0.05, 0) is 22.9 Å². The number of nitrogens with zero attached hydrogens (tertiary/aromatic N) is 1. The van der Waals surface area contributed by atoms with Crippen molar-refractivity contribution in [3.8, 4) is 0 Å². The number of nitrogens with two attached hydrogens (primary N) is 1. The van der Waals surface area contributed by atoms with Gasteiger partial charge in [0.25, 0.3) is 0 Å². The number of aliphatic hydroxyl groups excluding tert-OH is 1. The van der Waals surface area contributed by atoms with Crippen LogP contribution in [-0.2, 0) is 0 Å². The van der Waals surface area contributed by atoms with Crippen molar-refractivity contribution < 1.29 is 5.11 Å². The number of hydrogen-bond donors (Lipinski definition) is 3. The molecule has 0 amide bonds. The Hall–Kier alpha value is -0.810. The van der Waals surface area contributed by atoms with Gasteiger partial charge in [0.05, 0.1) is 28.7 Å². The van der Waals surface area contributed by atoms with E-state index >= 15 is 0 Å². The first kappa shape index (κ1) is 10.3. The molecule has 0 aliphatic heterocycles. The number of anilines is 2. The number of hydrogen-bond acceptors (Lipinski definition) is 4. The van der Waals surface area contributed by atoms with Crippen molar-refractivity contribution in [3.05, 3.63) is 16.9 Å². The van der Waals surface area contributed by atoms with Crippen molar-refractivity contribution in [2.24, 2.45) is 0 Å². The van der Waals surface area contributed by atoms with E-state index in [0.29, 0.717) is 5.69 Å². The van der Waals surface area contributed by atoms with Gasteiger partial charge in [0.1, 0.15) is 0 Å². The highest BCUT2D eigenvalue weighted by molar-refractivity contribution is 9.10. The third-order valence-electron chi connectivity index (χ3n) is 1.59. The van der Waals surface area contributed by atoms with Gasteiger partial charge in [0.2, 0.25) is 0 Å². The summed E-state index contributed by atoms with van der Waals surface area (Å²) in [5.74, 6) is 0. The number of aliphatic hydroxyl groups is 1. The van der Waals surface area contributed by atoms with E-state index in [1.54, 1.807) is 12.4 Å². The van der Waals surface area contributed by atoms with Gasteiger partial charge in [-0.15, -0.1) is 0 Å². The first-order valence-corrected chi connectivity index (χ1v) is 4.70. The zero-order chi connectivity index (χ0) is 9.84. The Balaban J connectivity index is 2.87. The van der Waals surface area contributed by atoms with Crippen LogP contribution in [0.5, 0.6) is 0 Å². The average Bonchev–Trinajstić information content (AvgIpc) is 2.11. The Morgan fingerprint density at radius 3 is 2.92 bits per heavy atom. The molecule has 0 saturated carbocycles. The van der Waals surface area contributed by atoms with Crippen molar-refractivity contribution in [2.45, 2.75) is 13.0 Å². The van der Waals surface area contributed by atoms with Gasteiger partial charge in [0.15, 0.2) is 0 Å². The Morgan fingerprint density at radius 2 is 2.38 bits per heavy atom. The summed E-state index contributed by atoms with van der Waals surface area (Å²) in [6.45, 7) is 1.93. The van der Waals surface area contributed by atoms with Gasteiger partial charge in [-0.3, -0.25) is 4.98 Å². The van der Waals surface area contributed by atoms with Crippen LogP contribution < -0.4 is 11.1 Å². The van der Waals surface area contributed by atoms with Crippen LogP contribution >= 0.6 is 15.9 Å². The average molecular weight is 246 g/mol. The molecular weight excluding hydrogens is 234 g/mol. The summed E-state index contributed by atoms with van der Waals surface area (Å²) < 4.78 is 0.799. The fourth-order valence-corrected chi connectivity index (χ4v) is 1.36. The van der Waals surface area contributed by atoms with Crippen LogP contribution in [0.1, 0.15) is 6.92 Å². The van der Waals surface area contributed by atoms with Crippen LogP contribution in [0.3, 0.4) is 0 Å². The zero-order valence-electron chi connectivity index (χ0n) is 7.29. The Bertz CT molecular complexity index is 272. The third-order valence-corrected chi connectivity index (χ3v) is 2.19. The Labute approximate surface area is 85.3 Å². The van der Waals surface area contributed by atoms with Gasteiger partial charge < -0.3 is 16.2 Å². The standard InChI is InChI=1S/C8H12BrN3O/c1-5(4-13)12-8-6(9)2-11-3-7(8)10/h2-3,5,13H,4,10H2,1H3,(H,11,12). The van der Waals surface area contributed by atoms with Crippen molar-refractivity contribution in [1.82, 2.24) is 4.98 Å². The van der Waals surface area contributed by atoms with Gasteiger partial charge in [-0.2, -0.15) is 0 Å². The van der Waals surface area contributed by atoms with Gasteiger partial charge in [-0.1, -0.05) is 0 Å². The summed E-state index contributed by atoms with van der Waals surface area (Å²) in [6, 6.07) is -0.0269. The predicted molar refractivity (Wildman–Crippen MR) is 56.5 cm³/mol. The molecule has 0 saturated heterocycles. The second-order valence-electron chi connectivity index (χ2n) is 2.81. The molecule has 1 aromatic heterocycles. The molecule has 5 heteroatoms. The molecule has 13 heavy (non-hydrogen) atoms. The molecule has 4 N–H and O–H groups in total. The second-order valence-corrected chi connectivity index (χ2v) is 3.67. The molecule has 1 atom stereocenters. The number of pyridine rings is 1.